The van der Waals surface area contributed by atoms with E-state index < -0.39 is 5.97 Å². The van der Waals surface area contributed by atoms with Gasteiger partial charge < -0.3 is 4.74 Å². The van der Waals surface area contributed by atoms with Crippen LogP contribution >= 0.6 is 11.3 Å². The van der Waals surface area contributed by atoms with Crippen molar-refractivity contribution in [3.8, 4) is 11.3 Å². The zero-order valence-corrected chi connectivity index (χ0v) is 18.2. The normalized spacial score (nSPS) is 10.8. The van der Waals surface area contributed by atoms with Gasteiger partial charge in [-0.05, 0) is 38.5 Å². The van der Waals surface area contributed by atoms with Crippen LogP contribution in [0.1, 0.15) is 38.9 Å². The van der Waals surface area contributed by atoms with Gasteiger partial charge in [0.15, 0.2) is 10.8 Å². The van der Waals surface area contributed by atoms with Crippen molar-refractivity contribution in [3.63, 3.8) is 0 Å². The lowest BCUT2D eigenvalue weighted by Gasteiger charge is -2.11. The maximum absolute atomic E-state index is 13.2. The number of anilines is 1. The van der Waals surface area contributed by atoms with Crippen LogP contribution in [0.2, 0.25) is 0 Å². The molecule has 2 heterocycles. The Balaban J connectivity index is 1.72. The van der Waals surface area contributed by atoms with Gasteiger partial charge in [0.2, 0.25) is 0 Å². The Morgan fingerprint density at radius 1 is 1.06 bits per heavy atom. The van der Waals surface area contributed by atoms with E-state index in [-0.39, 0.29) is 18.2 Å². The third kappa shape index (κ3) is 4.32. The molecule has 2 aromatic carbocycles. The van der Waals surface area contributed by atoms with Crippen LogP contribution in [-0.4, -0.2) is 28.5 Å². The van der Waals surface area contributed by atoms with Crippen molar-refractivity contribution in [2.45, 2.75) is 20.8 Å². The first-order chi connectivity index (χ1) is 15.0. The van der Waals surface area contributed by atoms with E-state index in [2.05, 4.69) is 16.4 Å². The van der Waals surface area contributed by atoms with Crippen molar-refractivity contribution < 1.29 is 14.3 Å². The van der Waals surface area contributed by atoms with E-state index in [1.165, 1.54) is 16.9 Å². The lowest BCUT2D eigenvalue weighted by Crippen LogP contribution is -2.13. The molecule has 2 aromatic heterocycles. The first-order valence-corrected chi connectivity index (χ1v) is 10.8. The van der Waals surface area contributed by atoms with Crippen LogP contribution in [0.25, 0.3) is 22.2 Å². The van der Waals surface area contributed by atoms with E-state index >= 15 is 0 Å². The van der Waals surface area contributed by atoms with Gasteiger partial charge in [-0.2, -0.15) is 0 Å². The second-order valence-electron chi connectivity index (χ2n) is 7.10. The van der Waals surface area contributed by atoms with E-state index in [4.69, 9.17) is 9.72 Å². The Labute approximate surface area is 183 Å². The highest BCUT2D eigenvalue weighted by atomic mass is 32.1. The molecule has 0 aliphatic heterocycles. The smallest absolute Gasteiger partial charge is 0.357 e. The monoisotopic (exact) mass is 431 g/mol. The van der Waals surface area contributed by atoms with E-state index in [0.29, 0.717) is 10.7 Å². The molecule has 4 aromatic rings. The Morgan fingerprint density at radius 2 is 1.87 bits per heavy atom. The number of rotatable bonds is 5. The number of benzene rings is 2. The van der Waals surface area contributed by atoms with Crippen molar-refractivity contribution in [1.29, 1.82) is 0 Å². The molecule has 0 aliphatic rings. The first kappa shape index (κ1) is 20.7. The number of esters is 1. The average molecular weight is 432 g/mol. The minimum atomic E-state index is -0.509. The number of aryl methyl sites for hydroxylation is 2. The summed E-state index contributed by atoms with van der Waals surface area (Å²) in [6.07, 6.45) is 0. The number of hydrogen-bond acceptors (Lipinski definition) is 6. The minimum Gasteiger partial charge on any atom is -0.461 e. The second kappa shape index (κ2) is 8.65. The highest BCUT2D eigenvalue weighted by Crippen LogP contribution is 2.28. The fourth-order valence-electron chi connectivity index (χ4n) is 3.40. The molecule has 7 heteroatoms. The van der Waals surface area contributed by atoms with Crippen LogP contribution in [0.4, 0.5) is 5.13 Å². The highest BCUT2D eigenvalue weighted by molar-refractivity contribution is 7.14. The van der Waals surface area contributed by atoms with Gasteiger partial charge in [0.05, 0.1) is 23.4 Å². The van der Waals surface area contributed by atoms with Crippen molar-refractivity contribution in [2.75, 3.05) is 11.9 Å². The van der Waals surface area contributed by atoms with Gasteiger partial charge in [0, 0.05) is 16.3 Å². The number of carbonyl (C=O) groups is 2. The van der Waals surface area contributed by atoms with Gasteiger partial charge in [0.25, 0.3) is 5.91 Å². The molecule has 0 aliphatic carbocycles. The van der Waals surface area contributed by atoms with Gasteiger partial charge in [0.1, 0.15) is 0 Å². The zero-order valence-electron chi connectivity index (χ0n) is 17.4. The highest BCUT2D eigenvalue weighted by Gasteiger charge is 2.18. The number of nitrogens with one attached hydrogen (secondary N) is 1. The molecule has 6 nitrogen and oxygen atoms in total. The lowest BCUT2D eigenvalue weighted by molar-refractivity contribution is 0.0520. The number of ether oxygens (including phenoxy) is 1. The number of carbonyl (C=O) groups excluding carboxylic acids is 2. The molecule has 0 unspecified atom stereocenters. The zero-order chi connectivity index (χ0) is 22.0. The summed E-state index contributed by atoms with van der Waals surface area (Å²) in [5, 5.41) is 5.45. The maximum Gasteiger partial charge on any atom is 0.357 e. The summed E-state index contributed by atoms with van der Waals surface area (Å²) in [4.78, 5) is 34.0. The third-order valence-corrected chi connectivity index (χ3v) is 5.59. The summed E-state index contributed by atoms with van der Waals surface area (Å²) in [5.41, 5.74) is 5.37. The predicted octanol–water partition coefficient (Wildman–Crippen LogP) is 5.40. The molecule has 0 radical (unpaired) electrons. The van der Waals surface area contributed by atoms with Crippen molar-refractivity contribution in [1.82, 2.24) is 9.97 Å². The summed E-state index contributed by atoms with van der Waals surface area (Å²) < 4.78 is 4.96. The van der Waals surface area contributed by atoms with Crippen LogP contribution in [0.5, 0.6) is 0 Å². The van der Waals surface area contributed by atoms with Crippen LogP contribution in [0.3, 0.4) is 0 Å². The summed E-state index contributed by atoms with van der Waals surface area (Å²) >= 11 is 1.18. The molecule has 4 rings (SSSR count). The Hall–Kier alpha value is -3.58. The van der Waals surface area contributed by atoms with Gasteiger partial charge >= 0.3 is 5.97 Å². The second-order valence-corrected chi connectivity index (χ2v) is 7.96. The number of aromatic nitrogens is 2. The maximum atomic E-state index is 13.2. The van der Waals surface area contributed by atoms with E-state index in [0.717, 1.165) is 27.7 Å². The largest absolute Gasteiger partial charge is 0.461 e. The molecule has 0 saturated carbocycles. The first-order valence-electron chi connectivity index (χ1n) is 9.87. The van der Waals surface area contributed by atoms with E-state index in [9.17, 15) is 9.59 Å². The summed E-state index contributed by atoms with van der Waals surface area (Å²) in [6.45, 7) is 6.07. The SMILES string of the molecule is CCOC(=O)c1csc(NC(=O)c2cc(-c3ccc(C)cc3C)nc3ccccc23)n1. The van der Waals surface area contributed by atoms with Gasteiger partial charge in [-0.1, -0.05) is 42.0 Å². The summed E-state index contributed by atoms with van der Waals surface area (Å²) in [6, 6.07) is 15.5. The number of para-hydroxylation sites is 1. The number of nitrogens with zero attached hydrogens (tertiary/aromatic N) is 2. The fraction of sp³-hybridized carbons (Fsp3) is 0.167. The van der Waals surface area contributed by atoms with Gasteiger partial charge in [-0.25, -0.2) is 14.8 Å². The molecule has 0 saturated heterocycles. The molecule has 0 fully saturated rings. The number of hydrogen-bond donors (Lipinski definition) is 1. The van der Waals surface area contributed by atoms with Crippen molar-refractivity contribution in [2.24, 2.45) is 0 Å². The Bertz CT molecular complexity index is 1300. The topological polar surface area (TPSA) is 81.2 Å². The van der Waals surface area contributed by atoms with E-state index in [1.54, 1.807) is 18.4 Å². The Kier molecular flexibility index (Phi) is 5.77. The van der Waals surface area contributed by atoms with Crippen LogP contribution < -0.4 is 5.32 Å². The summed E-state index contributed by atoms with van der Waals surface area (Å²) in [7, 11) is 0. The molecular formula is C24H21N3O3S. The summed E-state index contributed by atoms with van der Waals surface area (Å²) in [5.74, 6) is -0.819. The molecule has 31 heavy (non-hydrogen) atoms. The molecule has 156 valence electrons. The molecule has 1 amide bonds. The average Bonchev–Trinajstić information content (AvgIpc) is 3.21. The Morgan fingerprint density at radius 3 is 2.65 bits per heavy atom. The predicted molar refractivity (Wildman–Crippen MR) is 123 cm³/mol. The lowest BCUT2D eigenvalue weighted by atomic mass is 9.99. The van der Waals surface area contributed by atoms with Gasteiger partial charge in [-0.3, -0.25) is 10.1 Å². The van der Waals surface area contributed by atoms with Gasteiger partial charge in [-0.15, -0.1) is 11.3 Å². The van der Waals surface area contributed by atoms with Crippen LogP contribution in [-0.2, 0) is 4.74 Å². The number of fused-ring (bicyclic) bond motifs is 1. The van der Waals surface area contributed by atoms with E-state index in [1.807, 2.05) is 50.2 Å². The third-order valence-electron chi connectivity index (χ3n) is 4.83. The number of thiazole rings is 1. The fourth-order valence-corrected chi connectivity index (χ4v) is 4.07. The standard InChI is InChI=1S/C24H21N3O3S/c1-4-30-23(29)21-13-31-24(26-21)27-22(28)18-12-20(16-10-9-14(2)11-15(16)3)25-19-8-6-5-7-17(18)19/h5-13H,4H2,1-3H3,(H,26,27,28). The number of amides is 1. The molecule has 0 spiro atoms. The molecular weight excluding hydrogens is 410 g/mol. The van der Waals surface area contributed by atoms with Crippen LogP contribution in [0, 0.1) is 13.8 Å². The number of pyridine rings is 1. The van der Waals surface area contributed by atoms with Crippen molar-refractivity contribution in [3.05, 3.63) is 76.3 Å². The molecule has 0 atom stereocenters. The van der Waals surface area contributed by atoms with Crippen molar-refractivity contribution >= 4 is 39.2 Å². The molecule has 0 bridgehead atoms. The quantitative estimate of drug-likeness (QED) is 0.428. The van der Waals surface area contributed by atoms with Crippen LogP contribution in [0.15, 0.2) is 53.9 Å². The molecule has 1 N–H and O–H groups in total. The minimum absolute atomic E-state index is 0.178.